The molecule has 116 valence electrons. The van der Waals surface area contributed by atoms with Gasteiger partial charge in [0.1, 0.15) is 0 Å². The SMILES string of the molecule is Cl.O=C([O-])c1cccnc1-c1ccccc1C1CCCCC1. The molecule has 1 heterocycles. The van der Waals surface area contributed by atoms with Gasteiger partial charge in [-0.2, -0.15) is 0 Å². The van der Waals surface area contributed by atoms with Gasteiger partial charge in [-0.3, -0.25) is 4.98 Å². The molecular formula is C18H19ClNO2-. The zero-order valence-electron chi connectivity index (χ0n) is 12.3. The number of carboxylic acid groups (broad SMARTS) is 1. The van der Waals surface area contributed by atoms with E-state index in [9.17, 15) is 9.90 Å². The molecule has 0 unspecified atom stereocenters. The summed E-state index contributed by atoms with van der Waals surface area (Å²) >= 11 is 0. The van der Waals surface area contributed by atoms with Crippen LogP contribution in [0.5, 0.6) is 0 Å². The van der Waals surface area contributed by atoms with Crippen LogP contribution in [0.25, 0.3) is 11.3 Å². The lowest BCUT2D eigenvalue weighted by Crippen LogP contribution is -2.23. The first-order valence-electron chi connectivity index (χ1n) is 7.53. The molecule has 0 saturated heterocycles. The second kappa shape index (κ2) is 7.41. The molecule has 0 amide bonds. The summed E-state index contributed by atoms with van der Waals surface area (Å²) in [4.78, 5) is 15.6. The van der Waals surface area contributed by atoms with Gasteiger partial charge in [0.05, 0.1) is 11.7 Å². The number of carboxylic acids is 1. The summed E-state index contributed by atoms with van der Waals surface area (Å²) in [7, 11) is 0. The number of aromatic nitrogens is 1. The molecule has 4 heteroatoms. The molecule has 1 aliphatic rings. The third-order valence-corrected chi connectivity index (χ3v) is 4.29. The zero-order valence-corrected chi connectivity index (χ0v) is 13.1. The van der Waals surface area contributed by atoms with Gasteiger partial charge in [0.25, 0.3) is 0 Å². The van der Waals surface area contributed by atoms with Crippen molar-refractivity contribution in [2.24, 2.45) is 0 Å². The van der Waals surface area contributed by atoms with E-state index in [1.165, 1.54) is 37.7 Å². The highest BCUT2D eigenvalue weighted by Crippen LogP contribution is 2.38. The topological polar surface area (TPSA) is 53.0 Å². The van der Waals surface area contributed by atoms with Crippen LogP contribution < -0.4 is 5.11 Å². The van der Waals surface area contributed by atoms with Crippen molar-refractivity contribution in [3.8, 4) is 11.3 Å². The van der Waals surface area contributed by atoms with Crippen LogP contribution in [0.15, 0.2) is 42.6 Å². The number of aromatic carboxylic acids is 1. The Hall–Kier alpha value is -1.87. The van der Waals surface area contributed by atoms with Crippen LogP contribution in [-0.4, -0.2) is 11.0 Å². The molecule has 0 radical (unpaired) electrons. The Morgan fingerprint density at radius 3 is 2.50 bits per heavy atom. The van der Waals surface area contributed by atoms with Crippen molar-refractivity contribution in [3.63, 3.8) is 0 Å². The van der Waals surface area contributed by atoms with E-state index in [4.69, 9.17) is 0 Å². The summed E-state index contributed by atoms with van der Waals surface area (Å²) in [5.74, 6) is -0.664. The molecule has 22 heavy (non-hydrogen) atoms. The summed E-state index contributed by atoms with van der Waals surface area (Å²) in [5, 5.41) is 11.3. The number of carbonyl (C=O) groups is 1. The first kappa shape index (κ1) is 16.5. The van der Waals surface area contributed by atoms with Gasteiger partial charge in [0.2, 0.25) is 0 Å². The second-order valence-electron chi connectivity index (χ2n) is 5.61. The van der Waals surface area contributed by atoms with E-state index in [-0.39, 0.29) is 18.0 Å². The predicted molar refractivity (Wildman–Crippen MR) is 87.1 cm³/mol. The van der Waals surface area contributed by atoms with E-state index in [2.05, 4.69) is 11.1 Å². The minimum atomic E-state index is -1.17. The molecule has 0 N–H and O–H groups in total. The molecule has 3 rings (SSSR count). The smallest absolute Gasteiger partial charge is 0.0795 e. The molecule has 1 fully saturated rings. The molecule has 0 spiro atoms. The molecule has 0 atom stereocenters. The average Bonchev–Trinajstić information content (AvgIpc) is 2.55. The minimum absolute atomic E-state index is 0. The van der Waals surface area contributed by atoms with Crippen molar-refractivity contribution >= 4 is 18.4 Å². The van der Waals surface area contributed by atoms with Crippen LogP contribution in [0.4, 0.5) is 0 Å². The van der Waals surface area contributed by atoms with Gasteiger partial charge in [-0.15, -0.1) is 12.4 Å². The van der Waals surface area contributed by atoms with Crippen molar-refractivity contribution in [3.05, 3.63) is 53.7 Å². The van der Waals surface area contributed by atoms with Crippen molar-refractivity contribution in [1.29, 1.82) is 0 Å². The lowest BCUT2D eigenvalue weighted by molar-refractivity contribution is -0.255. The maximum atomic E-state index is 11.3. The Kier molecular flexibility index (Phi) is 5.56. The van der Waals surface area contributed by atoms with E-state index in [0.29, 0.717) is 11.6 Å². The number of nitrogens with zero attached hydrogens (tertiary/aromatic N) is 1. The maximum Gasteiger partial charge on any atom is 0.0795 e. The Bertz CT molecular complexity index is 651. The number of rotatable bonds is 3. The van der Waals surface area contributed by atoms with Crippen LogP contribution in [0, 0.1) is 0 Å². The lowest BCUT2D eigenvalue weighted by atomic mass is 9.81. The lowest BCUT2D eigenvalue weighted by Gasteiger charge is -2.24. The number of hydrogen-bond acceptors (Lipinski definition) is 3. The molecule has 1 aromatic heterocycles. The van der Waals surface area contributed by atoms with Gasteiger partial charge in [-0.05, 0) is 36.5 Å². The third-order valence-electron chi connectivity index (χ3n) is 4.29. The highest BCUT2D eigenvalue weighted by Gasteiger charge is 2.20. The fourth-order valence-corrected chi connectivity index (χ4v) is 3.27. The summed E-state index contributed by atoms with van der Waals surface area (Å²) < 4.78 is 0. The number of halogens is 1. The fourth-order valence-electron chi connectivity index (χ4n) is 3.27. The summed E-state index contributed by atoms with van der Waals surface area (Å²) in [5.41, 5.74) is 2.85. The molecule has 0 bridgehead atoms. The molecule has 3 nitrogen and oxygen atoms in total. The van der Waals surface area contributed by atoms with Crippen LogP contribution in [-0.2, 0) is 0 Å². The first-order valence-corrected chi connectivity index (χ1v) is 7.53. The highest BCUT2D eigenvalue weighted by molar-refractivity contribution is 5.93. The van der Waals surface area contributed by atoms with Crippen LogP contribution in [0.1, 0.15) is 53.9 Å². The van der Waals surface area contributed by atoms with Crippen LogP contribution in [0.2, 0.25) is 0 Å². The van der Waals surface area contributed by atoms with Crippen molar-refractivity contribution in [2.75, 3.05) is 0 Å². The molecular weight excluding hydrogens is 298 g/mol. The fraction of sp³-hybridized carbons (Fsp3) is 0.333. The molecule has 1 aromatic carbocycles. The van der Waals surface area contributed by atoms with Gasteiger partial charge < -0.3 is 9.90 Å². The Balaban J connectivity index is 0.00000176. The average molecular weight is 317 g/mol. The zero-order chi connectivity index (χ0) is 14.7. The van der Waals surface area contributed by atoms with Gasteiger partial charge in [-0.1, -0.05) is 43.5 Å². The summed E-state index contributed by atoms with van der Waals surface area (Å²) in [6.45, 7) is 0. The van der Waals surface area contributed by atoms with E-state index >= 15 is 0 Å². The Morgan fingerprint density at radius 2 is 1.77 bits per heavy atom. The molecule has 1 saturated carbocycles. The number of benzene rings is 1. The van der Waals surface area contributed by atoms with Gasteiger partial charge in [-0.25, -0.2) is 0 Å². The predicted octanol–water partition coefficient (Wildman–Crippen LogP) is 3.58. The van der Waals surface area contributed by atoms with E-state index in [0.717, 1.165) is 5.56 Å². The Labute approximate surface area is 136 Å². The maximum absolute atomic E-state index is 11.3. The van der Waals surface area contributed by atoms with E-state index in [1.807, 2.05) is 18.2 Å². The summed E-state index contributed by atoms with van der Waals surface area (Å²) in [6, 6.07) is 11.2. The van der Waals surface area contributed by atoms with E-state index < -0.39 is 5.97 Å². The number of hydrogen-bond donors (Lipinski definition) is 0. The monoisotopic (exact) mass is 316 g/mol. The Morgan fingerprint density at radius 1 is 1.05 bits per heavy atom. The summed E-state index contributed by atoms with van der Waals surface area (Å²) in [6.07, 6.45) is 7.77. The standard InChI is InChI=1S/C18H19NO2.ClH/c20-18(21)16-11-6-12-19-17(16)15-10-5-4-9-14(15)13-7-2-1-3-8-13;/h4-6,9-13H,1-3,7-8H2,(H,20,21);1H/p-1. The van der Waals surface area contributed by atoms with Gasteiger partial charge in [0, 0.05) is 17.3 Å². The van der Waals surface area contributed by atoms with Crippen molar-refractivity contribution < 1.29 is 9.90 Å². The van der Waals surface area contributed by atoms with Crippen molar-refractivity contribution in [1.82, 2.24) is 4.98 Å². The van der Waals surface area contributed by atoms with E-state index in [1.54, 1.807) is 18.3 Å². The largest absolute Gasteiger partial charge is 0.545 e. The minimum Gasteiger partial charge on any atom is -0.545 e. The first-order chi connectivity index (χ1) is 10.3. The third kappa shape index (κ3) is 3.30. The molecule has 2 aromatic rings. The molecule has 1 aliphatic carbocycles. The van der Waals surface area contributed by atoms with Gasteiger partial charge in [0.15, 0.2) is 0 Å². The van der Waals surface area contributed by atoms with Crippen LogP contribution in [0.3, 0.4) is 0 Å². The highest BCUT2D eigenvalue weighted by atomic mass is 35.5. The van der Waals surface area contributed by atoms with Crippen LogP contribution >= 0.6 is 12.4 Å². The quantitative estimate of drug-likeness (QED) is 0.869. The normalized spacial score (nSPS) is 15.1. The number of pyridine rings is 1. The second-order valence-corrected chi connectivity index (χ2v) is 5.61. The van der Waals surface area contributed by atoms with Crippen molar-refractivity contribution in [2.45, 2.75) is 38.0 Å². The van der Waals surface area contributed by atoms with Gasteiger partial charge >= 0.3 is 0 Å². The number of carbonyl (C=O) groups excluding carboxylic acids is 1. The molecule has 0 aliphatic heterocycles.